The molecule has 1 atom stereocenters. The van der Waals surface area contributed by atoms with Crippen LogP contribution in [0, 0.1) is 6.92 Å². The number of carbonyl (C=O) groups excluding carboxylic acids is 2. The lowest BCUT2D eigenvalue weighted by Crippen LogP contribution is -2.52. The number of hydrogen-bond donors (Lipinski definition) is 1. The summed E-state index contributed by atoms with van der Waals surface area (Å²) in [5.74, 6) is -0.0994. The van der Waals surface area contributed by atoms with Crippen LogP contribution in [0.25, 0.3) is 11.1 Å². The van der Waals surface area contributed by atoms with Crippen LogP contribution in [0.3, 0.4) is 0 Å². The van der Waals surface area contributed by atoms with Gasteiger partial charge in [-0.1, -0.05) is 35.9 Å². The van der Waals surface area contributed by atoms with Gasteiger partial charge in [0, 0.05) is 25.4 Å². The zero-order valence-corrected chi connectivity index (χ0v) is 20.4. The van der Waals surface area contributed by atoms with Gasteiger partial charge in [0.25, 0.3) is 0 Å². The molecule has 1 aliphatic heterocycles. The summed E-state index contributed by atoms with van der Waals surface area (Å²) in [4.78, 5) is 29.3. The lowest BCUT2D eigenvalue weighted by atomic mass is 10.0. The van der Waals surface area contributed by atoms with E-state index in [9.17, 15) is 18.0 Å². The fraction of sp³-hybridized carbons (Fsp3) is 0.231. The van der Waals surface area contributed by atoms with E-state index in [-0.39, 0.29) is 22.9 Å². The molecule has 176 valence electrons. The predicted octanol–water partition coefficient (Wildman–Crippen LogP) is 4.86. The molecule has 3 aromatic carbocycles. The van der Waals surface area contributed by atoms with Gasteiger partial charge in [0.1, 0.15) is 0 Å². The zero-order chi connectivity index (χ0) is 24.6. The number of sulfone groups is 1. The van der Waals surface area contributed by atoms with Crippen molar-refractivity contribution in [3.63, 3.8) is 0 Å². The summed E-state index contributed by atoms with van der Waals surface area (Å²) >= 11 is 0. The van der Waals surface area contributed by atoms with Crippen LogP contribution in [0.2, 0.25) is 0 Å². The number of anilines is 3. The zero-order valence-electron chi connectivity index (χ0n) is 19.6. The van der Waals surface area contributed by atoms with Crippen LogP contribution in [0.5, 0.6) is 0 Å². The molecular weight excluding hydrogens is 450 g/mol. The third-order valence-corrected chi connectivity index (χ3v) is 7.04. The maximum Gasteiger partial charge on any atom is 0.326 e. The summed E-state index contributed by atoms with van der Waals surface area (Å²) in [5.41, 5.74) is 4.67. The Morgan fingerprint density at radius 1 is 0.912 bits per heavy atom. The van der Waals surface area contributed by atoms with E-state index in [1.165, 1.54) is 13.2 Å². The topological polar surface area (TPSA) is 86.8 Å². The first-order valence-electron chi connectivity index (χ1n) is 10.9. The minimum atomic E-state index is -3.30. The van der Waals surface area contributed by atoms with Crippen LogP contribution < -0.4 is 15.1 Å². The van der Waals surface area contributed by atoms with Crippen molar-refractivity contribution in [3.05, 3.63) is 72.3 Å². The average molecular weight is 478 g/mol. The van der Waals surface area contributed by atoms with Crippen molar-refractivity contribution in [2.45, 2.75) is 31.7 Å². The summed E-state index contributed by atoms with van der Waals surface area (Å²) in [5, 5.41) is 2.94. The van der Waals surface area contributed by atoms with Gasteiger partial charge in [-0.2, -0.15) is 0 Å². The van der Waals surface area contributed by atoms with Crippen molar-refractivity contribution >= 4 is 38.8 Å². The van der Waals surface area contributed by atoms with E-state index in [0.29, 0.717) is 23.6 Å². The standard InChI is InChI=1S/C26H27N3O4S/c1-17-5-10-22(11-6-17)27-26(31)28-16-18(2)29(19(3)30)24-14-9-21(15-25(24)28)20-7-12-23(13-8-20)34(4,32)33/h5-15,18H,16H2,1-4H3,(H,27,31)/t18-/m0/s1. The van der Waals surface area contributed by atoms with Crippen LogP contribution >= 0.6 is 0 Å². The maximum absolute atomic E-state index is 13.3. The van der Waals surface area contributed by atoms with E-state index >= 15 is 0 Å². The lowest BCUT2D eigenvalue weighted by Gasteiger charge is -2.40. The van der Waals surface area contributed by atoms with Crippen LogP contribution in [0.4, 0.5) is 21.9 Å². The molecule has 34 heavy (non-hydrogen) atoms. The summed E-state index contributed by atoms with van der Waals surface area (Å²) in [6.45, 7) is 5.74. The molecule has 0 saturated carbocycles. The molecule has 3 aromatic rings. The Hall–Kier alpha value is -3.65. The van der Waals surface area contributed by atoms with Gasteiger partial charge in [-0.3, -0.25) is 9.69 Å². The van der Waals surface area contributed by atoms with Gasteiger partial charge in [0.05, 0.1) is 22.3 Å². The normalized spacial score (nSPS) is 15.6. The molecule has 1 heterocycles. The van der Waals surface area contributed by atoms with E-state index in [0.717, 1.165) is 16.7 Å². The van der Waals surface area contributed by atoms with Gasteiger partial charge in [-0.05, 0) is 61.4 Å². The minimum Gasteiger partial charge on any atom is -0.308 e. The molecule has 7 nitrogen and oxygen atoms in total. The second kappa shape index (κ2) is 8.95. The molecule has 0 aromatic heterocycles. The van der Waals surface area contributed by atoms with E-state index in [1.807, 2.05) is 56.3 Å². The number of aryl methyl sites for hydroxylation is 1. The molecule has 3 amide bonds. The first-order chi connectivity index (χ1) is 16.0. The van der Waals surface area contributed by atoms with E-state index in [1.54, 1.807) is 34.1 Å². The fourth-order valence-electron chi connectivity index (χ4n) is 4.20. The molecule has 0 bridgehead atoms. The van der Waals surface area contributed by atoms with Crippen LogP contribution in [0.1, 0.15) is 19.4 Å². The number of rotatable bonds is 3. The third-order valence-electron chi connectivity index (χ3n) is 5.92. The summed E-state index contributed by atoms with van der Waals surface area (Å²) in [6.07, 6.45) is 1.17. The van der Waals surface area contributed by atoms with Crippen molar-refractivity contribution in [1.29, 1.82) is 0 Å². The van der Waals surface area contributed by atoms with Crippen molar-refractivity contribution in [1.82, 2.24) is 0 Å². The Morgan fingerprint density at radius 3 is 2.12 bits per heavy atom. The van der Waals surface area contributed by atoms with Gasteiger partial charge in [0.2, 0.25) is 5.91 Å². The highest BCUT2D eigenvalue weighted by Gasteiger charge is 2.34. The summed E-state index contributed by atoms with van der Waals surface area (Å²) < 4.78 is 23.6. The predicted molar refractivity (Wildman–Crippen MR) is 135 cm³/mol. The molecule has 1 aliphatic rings. The Morgan fingerprint density at radius 2 is 1.53 bits per heavy atom. The number of fused-ring (bicyclic) bond motifs is 1. The highest BCUT2D eigenvalue weighted by atomic mass is 32.2. The molecule has 0 radical (unpaired) electrons. The van der Waals surface area contributed by atoms with Crippen LogP contribution in [0.15, 0.2) is 71.6 Å². The molecule has 0 aliphatic carbocycles. The largest absolute Gasteiger partial charge is 0.326 e. The summed E-state index contributed by atoms with van der Waals surface area (Å²) in [6, 6.07) is 19.2. The fourth-order valence-corrected chi connectivity index (χ4v) is 4.83. The van der Waals surface area contributed by atoms with Gasteiger partial charge in [-0.15, -0.1) is 0 Å². The first kappa shape index (κ1) is 23.5. The van der Waals surface area contributed by atoms with Gasteiger partial charge in [-0.25, -0.2) is 13.2 Å². The number of hydrogen-bond acceptors (Lipinski definition) is 4. The Kier molecular flexibility index (Phi) is 6.18. The Labute approximate surface area is 199 Å². The van der Waals surface area contributed by atoms with Crippen LogP contribution in [-0.2, 0) is 14.6 Å². The van der Waals surface area contributed by atoms with E-state index in [4.69, 9.17) is 0 Å². The molecule has 4 rings (SSSR count). The van der Waals surface area contributed by atoms with Crippen LogP contribution in [-0.4, -0.2) is 39.2 Å². The Balaban J connectivity index is 1.74. The molecule has 0 fully saturated rings. The Bertz CT molecular complexity index is 1350. The van der Waals surface area contributed by atoms with Crippen molar-refractivity contribution < 1.29 is 18.0 Å². The molecule has 0 saturated heterocycles. The maximum atomic E-state index is 13.3. The quantitative estimate of drug-likeness (QED) is 0.584. The van der Waals surface area contributed by atoms with Gasteiger partial charge in [0.15, 0.2) is 9.84 Å². The number of amides is 3. The number of urea groups is 1. The number of benzene rings is 3. The number of nitrogens with zero attached hydrogens (tertiary/aromatic N) is 2. The second-order valence-corrected chi connectivity index (χ2v) is 10.7. The highest BCUT2D eigenvalue weighted by Crippen LogP contribution is 2.39. The van der Waals surface area contributed by atoms with E-state index in [2.05, 4.69) is 5.32 Å². The monoisotopic (exact) mass is 477 g/mol. The molecule has 0 unspecified atom stereocenters. The third kappa shape index (κ3) is 4.68. The number of nitrogens with one attached hydrogen (secondary N) is 1. The van der Waals surface area contributed by atoms with Crippen molar-refractivity contribution in [3.8, 4) is 11.1 Å². The van der Waals surface area contributed by atoms with Gasteiger partial charge < -0.3 is 10.2 Å². The smallest absolute Gasteiger partial charge is 0.308 e. The highest BCUT2D eigenvalue weighted by molar-refractivity contribution is 7.90. The average Bonchev–Trinajstić information content (AvgIpc) is 2.79. The molecule has 8 heteroatoms. The lowest BCUT2D eigenvalue weighted by molar-refractivity contribution is -0.117. The van der Waals surface area contributed by atoms with Gasteiger partial charge >= 0.3 is 6.03 Å². The van der Waals surface area contributed by atoms with Crippen molar-refractivity contribution in [2.75, 3.05) is 27.9 Å². The van der Waals surface area contributed by atoms with E-state index < -0.39 is 9.84 Å². The second-order valence-electron chi connectivity index (χ2n) is 8.64. The molecule has 0 spiro atoms. The number of carbonyl (C=O) groups is 2. The summed E-state index contributed by atoms with van der Waals surface area (Å²) in [7, 11) is -3.30. The minimum absolute atomic E-state index is 0.0994. The molecule has 1 N–H and O–H groups in total. The SMILES string of the molecule is CC(=O)N1c2ccc(-c3ccc(S(C)(=O)=O)cc3)cc2N(C(=O)Nc2ccc(C)cc2)C[C@@H]1C. The van der Waals surface area contributed by atoms with Crippen molar-refractivity contribution in [2.24, 2.45) is 0 Å². The molecular formula is C26H27N3O4S. The first-order valence-corrected chi connectivity index (χ1v) is 12.8.